The molecule has 2 aliphatic heterocycles. The zero-order chi connectivity index (χ0) is 6.27. The highest BCUT2D eigenvalue weighted by Crippen LogP contribution is 2.30. The van der Waals surface area contributed by atoms with E-state index in [1.54, 1.807) is 0 Å². The fourth-order valence-electron chi connectivity index (χ4n) is 1.49. The van der Waals surface area contributed by atoms with Gasteiger partial charge < -0.3 is 0 Å². The quantitative estimate of drug-likeness (QED) is 0.497. The zero-order valence-electron chi connectivity index (χ0n) is 5.17. The molecule has 2 rings (SSSR count). The Labute approximate surface area is 58.6 Å². The first-order valence-corrected chi connectivity index (χ1v) is 4.27. The van der Waals surface area contributed by atoms with Gasteiger partial charge in [0.25, 0.3) is 0 Å². The first-order valence-electron chi connectivity index (χ1n) is 3.28. The highest BCUT2D eigenvalue weighted by Gasteiger charge is 2.36. The van der Waals surface area contributed by atoms with Crippen LogP contribution in [0.1, 0.15) is 12.8 Å². The van der Waals surface area contributed by atoms with Crippen LogP contribution in [0, 0.1) is 0 Å². The van der Waals surface area contributed by atoms with E-state index in [9.17, 15) is 4.79 Å². The van der Waals surface area contributed by atoms with E-state index < -0.39 is 0 Å². The van der Waals surface area contributed by atoms with E-state index in [1.165, 1.54) is 18.2 Å². The van der Waals surface area contributed by atoms with Crippen molar-refractivity contribution in [3.8, 4) is 0 Å². The van der Waals surface area contributed by atoms with Crippen molar-refractivity contribution in [2.45, 2.75) is 18.9 Å². The van der Waals surface area contributed by atoms with Crippen LogP contribution in [-0.4, -0.2) is 28.5 Å². The van der Waals surface area contributed by atoms with E-state index in [2.05, 4.69) is 4.90 Å². The van der Waals surface area contributed by atoms with Gasteiger partial charge in [-0.1, -0.05) is 11.8 Å². The Kier molecular flexibility index (Phi) is 1.27. The van der Waals surface area contributed by atoms with Crippen molar-refractivity contribution in [1.82, 2.24) is 4.90 Å². The van der Waals surface area contributed by atoms with Gasteiger partial charge in [-0.3, -0.25) is 9.69 Å². The lowest BCUT2D eigenvalue weighted by atomic mass is 10.2. The maximum Gasteiger partial charge on any atom is 0.207 e. The second-order valence-electron chi connectivity index (χ2n) is 2.56. The number of hydrogen-bond donors (Lipinski definition) is 0. The average Bonchev–Trinajstić information content (AvgIpc) is 2.35. The number of carbonyl (C=O) groups excluding carboxylic acids is 1. The Bertz CT molecular complexity index is 148. The van der Waals surface area contributed by atoms with Crippen molar-refractivity contribution < 1.29 is 4.79 Å². The van der Waals surface area contributed by atoms with E-state index in [0.717, 1.165) is 18.8 Å². The highest BCUT2D eigenvalue weighted by atomic mass is 32.2. The summed E-state index contributed by atoms with van der Waals surface area (Å²) in [5, 5.41) is 0.396. The summed E-state index contributed by atoms with van der Waals surface area (Å²) in [7, 11) is 0. The molecule has 1 atom stereocenters. The molecule has 0 aromatic heterocycles. The zero-order valence-corrected chi connectivity index (χ0v) is 5.99. The van der Waals surface area contributed by atoms with Gasteiger partial charge in [-0.15, -0.1) is 0 Å². The van der Waals surface area contributed by atoms with Crippen LogP contribution in [0.5, 0.6) is 0 Å². The topological polar surface area (TPSA) is 20.3 Å². The molecule has 2 fully saturated rings. The Morgan fingerprint density at radius 2 is 2.56 bits per heavy atom. The number of nitrogens with zero attached hydrogens (tertiary/aromatic N) is 1. The fourth-order valence-corrected chi connectivity index (χ4v) is 2.55. The third-order valence-electron chi connectivity index (χ3n) is 2.01. The second-order valence-corrected chi connectivity index (χ2v) is 3.51. The molecule has 0 amide bonds. The van der Waals surface area contributed by atoms with Gasteiger partial charge in [-0.25, -0.2) is 0 Å². The molecule has 1 unspecified atom stereocenters. The van der Waals surface area contributed by atoms with Crippen LogP contribution in [0.3, 0.4) is 0 Å². The van der Waals surface area contributed by atoms with E-state index in [0.29, 0.717) is 11.2 Å². The molecule has 0 bridgehead atoms. The summed E-state index contributed by atoms with van der Waals surface area (Å²) in [6.45, 7) is 1.14. The van der Waals surface area contributed by atoms with Crippen LogP contribution in [0.4, 0.5) is 0 Å². The van der Waals surface area contributed by atoms with Crippen molar-refractivity contribution in [3.05, 3.63) is 0 Å². The summed E-state index contributed by atoms with van der Waals surface area (Å²) in [5.74, 6) is 0.948. The summed E-state index contributed by atoms with van der Waals surface area (Å²) in [5.41, 5.74) is 0. The molecule has 0 N–H and O–H groups in total. The lowest BCUT2D eigenvalue weighted by molar-refractivity contribution is -0.113. The molecule has 50 valence electrons. The molecule has 0 saturated carbocycles. The third-order valence-corrected chi connectivity index (χ3v) is 3.03. The lowest BCUT2D eigenvalue weighted by Crippen LogP contribution is -2.25. The molecule has 2 nitrogen and oxygen atoms in total. The Balaban J connectivity index is 2.15. The van der Waals surface area contributed by atoms with E-state index in [1.807, 2.05) is 0 Å². The van der Waals surface area contributed by atoms with Crippen LogP contribution in [0.15, 0.2) is 0 Å². The summed E-state index contributed by atoms with van der Waals surface area (Å²) < 4.78 is 0. The number of hydrogen-bond acceptors (Lipinski definition) is 3. The fraction of sp³-hybridized carbons (Fsp3) is 0.833. The van der Waals surface area contributed by atoms with Crippen LogP contribution >= 0.6 is 11.8 Å². The maximum absolute atomic E-state index is 11.0. The first-order chi connectivity index (χ1) is 4.38. The summed E-state index contributed by atoms with van der Waals surface area (Å²) >= 11 is 1.48. The molecule has 0 radical (unpaired) electrons. The molecule has 2 aliphatic rings. The van der Waals surface area contributed by atoms with Crippen molar-refractivity contribution in [2.24, 2.45) is 0 Å². The molecule has 2 saturated heterocycles. The summed E-state index contributed by atoms with van der Waals surface area (Å²) in [6, 6.07) is 0.301. The summed E-state index contributed by atoms with van der Waals surface area (Å²) in [6.07, 6.45) is 2.32. The van der Waals surface area contributed by atoms with Gasteiger partial charge in [0.2, 0.25) is 5.12 Å². The van der Waals surface area contributed by atoms with Crippen LogP contribution in [0.25, 0.3) is 0 Å². The molecule has 0 aromatic rings. The molecule has 0 aliphatic carbocycles. The van der Waals surface area contributed by atoms with Gasteiger partial charge in [0, 0.05) is 0 Å². The minimum absolute atomic E-state index is 0.301. The van der Waals surface area contributed by atoms with E-state index >= 15 is 0 Å². The number of thioether (sulfide) groups is 1. The number of fused-ring (bicyclic) bond motifs is 1. The molecular weight excluding hydrogens is 134 g/mol. The Morgan fingerprint density at radius 3 is 3.33 bits per heavy atom. The molecule has 2 heterocycles. The van der Waals surface area contributed by atoms with Gasteiger partial charge in [0.15, 0.2) is 0 Å². The van der Waals surface area contributed by atoms with Gasteiger partial charge in [0.05, 0.1) is 11.9 Å². The van der Waals surface area contributed by atoms with Gasteiger partial charge in [-0.05, 0) is 19.4 Å². The maximum atomic E-state index is 11.0. The first kappa shape index (κ1) is 5.74. The number of rotatable bonds is 0. The molecule has 9 heavy (non-hydrogen) atoms. The summed E-state index contributed by atoms with van der Waals surface area (Å²) in [4.78, 5) is 13.2. The van der Waals surface area contributed by atoms with Gasteiger partial charge >= 0.3 is 0 Å². The SMILES string of the molecule is O=C1SCN2CCCC12. The minimum atomic E-state index is 0.301. The standard InChI is InChI=1S/C6H9NOS/c8-6-5-2-1-3-7(5)4-9-6/h5H,1-4H2. The monoisotopic (exact) mass is 143 g/mol. The van der Waals surface area contributed by atoms with Crippen molar-refractivity contribution in [3.63, 3.8) is 0 Å². The Hall–Kier alpha value is -0.0200. The average molecular weight is 143 g/mol. The van der Waals surface area contributed by atoms with Gasteiger partial charge in [0.1, 0.15) is 0 Å². The molecule has 0 spiro atoms. The molecule has 3 heteroatoms. The third kappa shape index (κ3) is 0.792. The smallest absolute Gasteiger partial charge is 0.207 e. The van der Waals surface area contributed by atoms with E-state index in [-0.39, 0.29) is 0 Å². The molecular formula is C6H9NOS. The lowest BCUT2D eigenvalue weighted by Gasteiger charge is -2.08. The highest BCUT2D eigenvalue weighted by molar-refractivity contribution is 8.14. The second kappa shape index (κ2) is 1.99. The predicted octanol–water partition coefficient (Wildman–Crippen LogP) is 0.682. The Morgan fingerprint density at radius 1 is 1.67 bits per heavy atom. The predicted molar refractivity (Wildman–Crippen MR) is 37.2 cm³/mol. The van der Waals surface area contributed by atoms with Crippen LogP contribution < -0.4 is 0 Å². The van der Waals surface area contributed by atoms with Crippen molar-refractivity contribution >= 4 is 16.9 Å². The number of carbonyl (C=O) groups is 1. The van der Waals surface area contributed by atoms with Gasteiger partial charge in [-0.2, -0.15) is 0 Å². The van der Waals surface area contributed by atoms with Crippen LogP contribution in [-0.2, 0) is 4.79 Å². The minimum Gasteiger partial charge on any atom is -0.285 e. The van der Waals surface area contributed by atoms with Crippen molar-refractivity contribution in [2.75, 3.05) is 12.4 Å². The van der Waals surface area contributed by atoms with Crippen LogP contribution in [0.2, 0.25) is 0 Å². The van der Waals surface area contributed by atoms with Crippen molar-refractivity contribution in [1.29, 1.82) is 0 Å². The normalized spacial score (nSPS) is 35.6. The largest absolute Gasteiger partial charge is 0.285 e. The van der Waals surface area contributed by atoms with E-state index in [4.69, 9.17) is 0 Å². The molecule has 0 aromatic carbocycles.